The number of hydrogen-bond donors (Lipinski definition) is 1. The average molecular weight is 323 g/mol. The first-order chi connectivity index (χ1) is 11.4. The molecule has 2 aromatic rings. The largest absolute Gasteiger partial charge is 0.322 e. The van der Waals surface area contributed by atoms with Gasteiger partial charge in [-0.25, -0.2) is 0 Å². The minimum absolute atomic E-state index is 0.0294. The van der Waals surface area contributed by atoms with Crippen molar-refractivity contribution in [2.75, 3.05) is 5.32 Å². The molecular weight excluding hydrogens is 298 g/mol. The molecule has 0 saturated carbocycles. The minimum atomic E-state index is -0.144. The predicted molar refractivity (Wildman–Crippen MR) is 98.5 cm³/mol. The van der Waals surface area contributed by atoms with Gasteiger partial charge in [0, 0.05) is 23.6 Å². The summed E-state index contributed by atoms with van der Waals surface area (Å²) in [5.41, 5.74) is 3.55. The molecule has 0 aliphatic rings. The van der Waals surface area contributed by atoms with Gasteiger partial charge in [-0.2, -0.15) is 0 Å². The van der Waals surface area contributed by atoms with E-state index in [1.54, 1.807) is 12.1 Å². The number of anilines is 1. The molecule has 1 amide bonds. The van der Waals surface area contributed by atoms with Crippen molar-refractivity contribution in [3.05, 3.63) is 65.2 Å². The third kappa shape index (κ3) is 4.79. The Hall–Kier alpha value is -2.42. The van der Waals surface area contributed by atoms with Crippen molar-refractivity contribution in [3.63, 3.8) is 0 Å². The fourth-order valence-corrected chi connectivity index (χ4v) is 2.33. The Balaban J connectivity index is 2.00. The topological polar surface area (TPSA) is 46.2 Å². The second kappa shape index (κ2) is 7.91. The van der Waals surface area contributed by atoms with Crippen LogP contribution in [0.25, 0.3) is 0 Å². The number of nitrogens with one attached hydrogen (secondary N) is 1. The van der Waals surface area contributed by atoms with E-state index in [-0.39, 0.29) is 17.6 Å². The Labute approximate surface area is 144 Å². The quantitative estimate of drug-likeness (QED) is 0.827. The van der Waals surface area contributed by atoms with Crippen molar-refractivity contribution in [2.45, 2.75) is 40.0 Å². The maximum atomic E-state index is 12.3. The summed E-state index contributed by atoms with van der Waals surface area (Å²) in [5.74, 6) is 0.559. The third-order valence-electron chi connectivity index (χ3n) is 4.07. The second-order valence-electron chi connectivity index (χ2n) is 6.73. The Kier molecular flexibility index (Phi) is 5.91. The lowest BCUT2D eigenvalue weighted by atomic mass is 10.00. The average Bonchev–Trinajstić information content (AvgIpc) is 2.55. The van der Waals surface area contributed by atoms with Crippen LogP contribution in [-0.4, -0.2) is 11.7 Å². The fourth-order valence-electron chi connectivity index (χ4n) is 2.33. The van der Waals surface area contributed by atoms with Crippen LogP contribution in [0.2, 0.25) is 0 Å². The maximum absolute atomic E-state index is 12.3. The van der Waals surface area contributed by atoms with Gasteiger partial charge in [-0.15, -0.1) is 0 Å². The van der Waals surface area contributed by atoms with Crippen LogP contribution in [0.15, 0.2) is 48.5 Å². The third-order valence-corrected chi connectivity index (χ3v) is 4.07. The number of benzene rings is 2. The van der Waals surface area contributed by atoms with Gasteiger partial charge < -0.3 is 5.32 Å². The number of rotatable bonds is 6. The van der Waals surface area contributed by atoms with Crippen LogP contribution in [0.5, 0.6) is 0 Å². The van der Waals surface area contributed by atoms with E-state index < -0.39 is 0 Å². The van der Waals surface area contributed by atoms with Crippen LogP contribution in [0.1, 0.15) is 55.1 Å². The van der Waals surface area contributed by atoms with Crippen molar-refractivity contribution in [2.24, 2.45) is 5.92 Å². The summed E-state index contributed by atoms with van der Waals surface area (Å²) >= 11 is 0. The summed E-state index contributed by atoms with van der Waals surface area (Å²) in [6.45, 7) is 8.07. The smallest absolute Gasteiger partial charge is 0.255 e. The van der Waals surface area contributed by atoms with Crippen LogP contribution in [-0.2, 0) is 11.2 Å². The van der Waals surface area contributed by atoms with E-state index in [2.05, 4.69) is 19.2 Å². The lowest BCUT2D eigenvalue weighted by molar-refractivity contribution is -0.121. The zero-order valence-electron chi connectivity index (χ0n) is 14.8. The predicted octanol–water partition coefficient (Wildman–Crippen LogP) is 4.83. The summed E-state index contributed by atoms with van der Waals surface area (Å²) < 4.78 is 0. The zero-order chi connectivity index (χ0) is 17.7. The molecular formula is C21H25NO2. The minimum Gasteiger partial charge on any atom is -0.322 e. The van der Waals surface area contributed by atoms with Crippen LogP contribution in [0.4, 0.5) is 5.69 Å². The van der Waals surface area contributed by atoms with E-state index in [1.165, 1.54) is 5.56 Å². The van der Waals surface area contributed by atoms with Gasteiger partial charge in [-0.05, 0) is 41.3 Å². The zero-order valence-corrected chi connectivity index (χ0v) is 14.8. The molecule has 0 fully saturated rings. The molecule has 0 radical (unpaired) electrons. The number of amides is 1. The highest BCUT2D eigenvalue weighted by Crippen LogP contribution is 2.18. The molecule has 0 saturated heterocycles. The Morgan fingerprint density at radius 2 is 1.46 bits per heavy atom. The van der Waals surface area contributed by atoms with Crippen molar-refractivity contribution in [1.82, 2.24) is 0 Å². The van der Waals surface area contributed by atoms with E-state index >= 15 is 0 Å². The number of ketones is 1. The fraction of sp³-hybridized carbons (Fsp3) is 0.333. The van der Waals surface area contributed by atoms with E-state index in [9.17, 15) is 9.59 Å². The van der Waals surface area contributed by atoms with Crippen molar-refractivity contribution in [3.8, 4) is 0 Å². The van der Waals surface area contributed by atoms with E-state index in [4.69, 9.17) is 0 Å². The summed E-state index contributed by atoms with van der Waals surface area (Å²) in [6.07, 6.45) is 0.413. The van der Waals surface area contributed by atoms with E-state index in [0.717, 1.165) is 11.3 Å². The van der Waals surface area contributed by atoms with Crippen LogP contribution in [0.3, 0.4) is 0 Å². The van der Waals surface area contributed by atoms with E-state index in [1.807, 2.05) is 50.2 Å². The van der Waals surface area contributed by atoms with Gasteiger partial charge in [-0.1, -0.05) is 52.0 Å². The van der Waals surface area contributed by atoms with Gasteiger partial charge in [0.25, 0.3) is 5.91 Å². The lowest BCUT2D eigenvalue weighted by Gasteiger charge is -2.09. The van der Waals surface area contributed by atoms with Crippen LogP contribution in [0, 0.1) is 5.92 Å². The molecule has 0 aliphatic heterocycles. The molecule has 24 heavy (non-hydrogen) atoms. The summed E-state index contributed by atoms with van der Waals surface area (Å²) in [6, 6.07) is 15.1. The highest BCUT2D eigenvalue weighted by atomic mass is 16.1. The Morgan fingerprint density at radius 1 is 0.875 bits per heavy atom. The van der Waals surface area contributed by atoms with Gasteiger partial charge in [0.2, 0.25) is 0 Å². The molecule has 2 rings (SSSR count). The molecule has 0 atom stereocenters. The van der Waals surface area contributed by atoms with Gasteiger partial charge in [-0.3, -0.25) is 9.59 Å². The monoisotopic (exact) mass is 323 g/mol. The highest BCUT2D eigenvalue weighted by molar-refractivity contribution is 6.04. The first-order valence-electron chi connectivity index (χ1n) is 8.39. The normalized spacial score (nSPS) is 10.9. The summed E-state index contributed by atoms with van der Waals surface area (Å²) in [5, 5.41) is 2.90. The van der Waals surface area contributed by atoms with Gasteiger partial charge in [0.15, 0.2) is 0 Å². The van der Waals surface area contributed by atoms with Crippen molar-refractivity contribution < 1.29 is 9.59 Å². The molecule has 126 valence electrons. The molecule has 0 aliphatic carbocycles. The Bertz CT molecular complexity index is 698. The first kappa shape index (κ1) is 17.9. The summed E-state index contributed by atoms with van der Waals surface area (Å²) in [4.78, 5) is 24.1. The number of carbonyl (C=O) groups excluding carboxylic acids is 2. The Morgan fingerprint density at radius 3 is 1.96 bits per heavy atom. The van der Waals surface area contributed by atoms with Gasteiger partial charge in [0.05, 0.1) is 0 Å². The molecule has 3 nitrogen and oxygen atoms in total. The second-order valence-corrected chi connectivity index (χ2v) is 6.73. The SMILES string of the molecule is CC(C)C(=O)Cc1ccc(C(=O)Nc2ccc(C(C)C)cc2)cc1. The van der Waals surface area contributed by atoms with Gasteiger partial charge in [0.1, 0.15) is 5.78 Å². The molecule has 0 unspecified atom stereocenters. The molecule has 1 N–H and O–H groups in total. The summed E-state index contributed by atoms with van der Waals surface area (Å²) in [7, 11) is 0. The molecule has 0 spiro atoms. The molecule has 0 aromatic heterocycles. The van der Waals surface area contributed by atoms with Gasteiger partial charge >= 0.3 is 0 Å². The van der Waals surface area contributed by atoms with Crippen molar-refractivity contribution >= 4 is 17.4 Å². The van der Waals surface area contributed by atoms with E-state index in [0.29, 0.717) is 17.9 Å². The molecule has 2 aromatic carbocycles. The standard InChI is InChI=1S/C21H25NO2/c1-14(2)17-9-11-19(12-10-17)22-21(24)18-7-5-16(6-8-18)13-20(23)15(3)4/h5-12,14-15H,13H2,1-4H3,(H,22,24). The molecule has 0 heterocycles. The highest BCUT2D eigenvalue weighted by Gasteiger charge is 2.10. The number of carbonyl (C=O) groups is 2. The first-order valence-corrected chi connectivity index (χ1v) is 8.39. The maximum Gasteiger partial charge on any atom is 0.255 e. The molecule has 3 heteroatoms. The van der Waals surface area contributed by atoms with Crippen LogP contribution < -0.4 is 5.32 Å². The number of hydrogen-bond acceptors (Lipinski definition) is 2. The lowest BCUT2D eigenvalue weighted by Crippen LogP contribution is -2.13. The van der Waals surface area contributed by atoms with Crippen LogP contribution >= 0.6 is 0 Å². The van der Waals surface area contributed by atoms with Crippen molar-refractivity contribution in [1.29, 1.82) is 0 Å². The number of Topliss-reactive ketones (excluding diaryl/α,β-unsaturated/α-hetero) is 1. The molecule has 0 bridgehead atoms.